The van der Waals surface area contributed by atoms with Gasteiger partial charge in [0.2, 0.25) is 0 Å². The minimum absolute atomic E-state index is 0.0356. The van der Waals surface area contributed by atoms with Crippen molar-refractivity contribution in [2.45, 2.75) is 39.6 Å². The van der Waals surface area contributed by atoms with E-state index in [0.717, 1.165) is 43.7 Å². The van der Waals surface area contributed by atoms with Crippen LogP contribution in [-0.2, 0) is 38.8 Å². The Kier molecular flexibility index (Phi) is 8.91. The topological polar surface area (TPSA) is 157 Å². The van der Waals surface area contributed by atoms with Crippen molar-refractivity contribution in [1.29, 1.82) is 0 Å². The van der Waals surface area contributed by atoms with Crippen molar-refractivity contribution in [2.24, 2.45) is 0 Å². The normalized spacial score (nSPS) is 11.6. The number of fused-ring (bicyclic) bond motifs is 1. The highest BCUT2D eigenvalue weighted by Gasteiger charge is 2.26. The summed E-state index contributed by atoms with van der Waals surface area (Å²) in [6.45, 7) is 2.88. The van der Waals surface area contributed by atoms with Crippen LogP contribution in [0.3, 0.4) is 0 Å². The number of hydrogen-bond donors (Lipinski definition) is 3. The largest absolute Gasteiger partial charge is 0.445 e. The van der Waals surface area contributed by atoms with Gasteiger partial charge in [-0.3, -0.25) is 9.36 Å². The molecule has 3 aromatic heterocycles. The number of carbonyl (C=O) groups is 3. The van der Waals surface area contributed by atoms with E-state index < -0.39 is 29.8 Å². The first-order chi connectivity index (χ1) is 20.7. The Hall–Kier alpha value is -5.30. The van der Waals surface area contributed by atoms with Gasteiger partial charge in [0, 0.05) is 23.6 Å². The second-order valence-electron chi connectivity index (χ2n) is 9.60. The molecule has 13 heteroatoms. The summed E-state index contributed by atoms with van der Waals surface area (Å²) in [6, 6.07) is 19.4. The van der Waals surface area contributed by atoms with Crippen LogP contribution in [0.4, 0.5) is 10.6 Å². The van der Waals surface area contributed by atoms with E-state index >= 15 is 0 Å². The molecule has 3 N–H and O–H groups in total. The number of aromatic nitrogens is 4. The smallest absolute Gasteiger partial charge is 0.408 e. The lowest BCUT2D eigenvalue weighted by atomic mass is 10.2. The van der Waals surface area contributed by atoms with E-state index in [0.29, 0.717) is 17.9 Å². The Balaban J connectivity index is 1.24. The van der Waals surface area contributed by atoms with E-state index in [1.807, 2.05) is 42.5 Å². The van der Waals surface area contributed by atoms with E-state index in [1.54, 1.807) is 42.5 Å². The van der Waals surface area contributed by atoms with Crippen LogP contribution in [0.5, 0.6) is 0 Å². The number of rotatable bonds is 10. The number of thiophene rings is 1. The second-order valence-corrected chi connectivity index (χ2v) is 10.8. The number of aromatic amines is 1. The number of nitrogens with zero attached hydrogens (tertiary/aromatic N) is 3. The third-order valence-electron chi connectivity index (χ3n) is 6.30. The number of carbonyl (C=O) groups excluding carboxylic acids is 3. The van der Waals surface area contributed by atoms with Gasteiger partial charge < -0.3 is 25.1 Å². The number of benzene rings is 2. The fraction of sp³-hybridized carbons (Fsp3) is 0.200. The van der Waals surface area contributed by atoms with E-state index in [4.69, 9.17) is 4.74 Å². The standard InChI is InChI=1S/C30H28N6O6S/c1-18-15-36(16-24(28(38)42-19(2)37)34-30(40)41-17-20-8-4-3-5-9-20)29(39)35-26(18)31-14-21-12-13-25(43-21)27-32-22-10-6-7-11-23(22)33-27/h3-13,15,24H,14,16-17H2,1-2H3,(H,32,33)(H,34,40)(H,31,35,39)/t24-/m0/s1. The number of imidazole rings is 1. The van der Waals surface area contributed by atoms with Gasteiger partial charge in [0.15, 0.2) is 0 Å². The molecule has 0 aliphatic rings. The molecule has 0 aliphatic heterocycles. The quantitative estimate of drug-likeness (QED) is 0.158. The summed E-state index contributed by atoms with van der Waals surface area (Å²) in [5, 5.41) is 5.56. The van der Waals surface area contributed by atoms with Crippen molar-refractivity contribution < 1.29 is 23.9 Å². The van der Waals surface area contributed by atoms with Crippen LogP contribution >= 0.6 is 11.3 Å². The summed E-state index contributed by atoms with van der Waals surface area (Å²) in [5.41, 5.74) is 2.55. The van der Waals surface area contributed by atoms with Crippen molar-refractivity contribution >= 4 is 46.2 Å². The molecule has 0 saturated carbocycles. The van der Waals surface area contributed by atoms with E-state index in [1.165, 1.54) is 6.20 Å². The number of H-pyrrole nitrogens is 1. The molecule has 220 valence electrons. The molecule has 43 heavy (non-hydrogen) atoms. The zero-order valence-electron chi connectivity index (χ0n) is 23.3. The molecule has 0 aliphatic carbocycles. The molecular formula is C30H28N6O6S. The van der Waals surface area contributed by atoms with Gasteiger partial charge in [0.1, 0.15) is 24.3 Å². The van der Waals surface area contributed by atoms with Crippen LogP contribution in [0.25, 0.3) is 21.7 Å². The van der Waals surface area contributed by atoms with Gasteiger partial charge in [-0.25, -0.2) is 19.4 Å². The monoisotopic (exact) mass is 600 g/mol. The first kappa shape index (κ1) is 29.2. The predicted molar refractivity (Wildman–Crippen MR) is 160 cm³/mol. The molecule has 1 amide bonds. The summed E-state index contributed by atoms with van der Waals surface area (Å²) >= 11 is 1.56. The van der Waals surface area contributed by atoms with Crippen LogP contribution in [0, 0.1) is 6.92 Å². The highest BCUT2D eigenvalue weighted by molar-refractivity contribution is 7.15. The molecule has 3 heterocycles. The molecule has 0 fully saturated rings. The summed E-state index contributed by atoms with van der Waals surface area (Å²) in [6.07, 6.45) is 0.597. The fourth-order valence-electron chi connectivity index (χ4n) is 4.24. The Labute approximate surface area is 249 Å². The highest BCUT2D eigenvalue weighted by Crippen LogP contribution is 2.28. The van der Waals surface area contributed by atoms with E-state index in [-0.39, 0.29) is 13.2 Å². The lowest BCUT2D eigenvalue weighted by Crippen LogP contribution is -2.47. The maximum Gasteiger partial charge on any atom is 0.408 e. The number of ether oxygens (including phenoxy) is 2. The van der Waals surface area contributed by atoms with Crippen LogP contribution in [0.2, 0.25) is 0 Å². The zero-order chi connectivity index (χ0) is 30.3. The molecular weight excluding hydrogens is 572 g/mol. The maximum atomic E-state index is 12.9. The number of aryl methyl sites for hydroxylation is 1. The minimum atomic E-state index is -1.38. The van der Waals surface area contributed by atoms with Crippen LogP contribution in [-0.4, -0.2) is 43.6 Å². The number of para-hydroxylation sites is 2. The SMILES string of the molecule is CC(=O)OC(=O)[C@H](Cn1cc(C)c(NCc2ccc(-c3nc4ccccc4[nH]3)s2)nc1=O)NC(=O)OCc1ccccc1. The third kappa shape index (κ3) is 7.51. The third-order valence-corrected chi connectivity index (χ3v) is 7.40. The molecule has 0 radical (unpaired) electrons. The Morgan fingerprint density at radius 2 is 1.79 bits per heavy atom. The molecule has 0 saturated heterocycles. The van der Waals surface area contributed by atoms with Crippen LogP contribution in [0.1, 0.15) is 22.9 Å². The van der Waals surface area contributed by atoms with Crippen molar-refractivity contribution in [2.75, 3.05) is 5.32 Å². The average molecular weight is 601 g/mol. The summed E-state index contributed by atoms with van der Waals surface area (Å²) in [7, 11) is 0. The van der Waals surface area contributed by atoms with Gasteiger partial charge in [-0.15, -0.1) is 11.3 Å². The van der Waals surface area contributed by atoms with Gasteiger partial charge in [-0.1, -0.05) is 42.5 Å². The van der Waals surface area contributed by atoms with Gasteiger partial charge in [0.25, 0.3) is 0 Å². The second kappa shape index (κ2) is 13.1. The fourth-order valence-corrected chi connectivity index (χ4v) is 5.14. The van der Waals surface area contributed by atoms with Crippen molar-refractivity contribution in [1.82, 2.24) is 24.8 Å². The van der Waals surface area contributed by atoms with Crippen molar-refractivity contribution in [3.05, 3.63) is 99.4 Å². The first-order valence-corrected chi connectivity index (χ1v) is 14.1. The number of esters is 2. The van der Waals surface area contributed by atoms with Crippen molar-refractivity contribution in [3.8, 4) is 10.7 Å². The lowest BCUT2D eigenvalue weighted by Gasteiger charge is -2.18. The van der Waals surface area contributed by atoms with E-state index in [9.17, 15) is 19.2 Å². The van der Waals surface area contributed by atoms with Gasteiger partial charge in [-0.2, -0.15) is 4.98 Å². The highest BCUT2D eigenvalue weighted by atomic mass is 32.1. The van der Waals surface area contributed by atoms with Gasteiger partial charge in [-0.05, 0) is 36.8 Å². The molecule has 5 aromatic rings. The summed E-state index contributed by atoms with van der Waals surface area (Å²) in [4.78, 5) is 63.4. The average Bonchev–Trinajstić information content (AvgIpc) is 3.64. The van der Waals surface area contributed by atoms with Crippen molar-refractivity contribution in [3.63, 3.8) is 0 Å². The molecule has 2 aromatic carbocycles. The number of nitrogens with one attached hydrogen (secondary N) is 3. The zero-order valence-corrected chi connectivity index (χ0v) is 24.1. The summed E-state index contributed by atoms with van der Waals surface area (Å²) < 4.78 is 11.0. The number of amides is 1. The predicted octanol–water partition coefficient (Wildman–Crippen LogP) is 4.15. The van der Waals surface area contributed by atoms with Gasteiger partial charge in [0.05, 0.1) is 29.0 Å². The number of alkyl carbamates (subject to hydrolysis) is 1. The maximum absolute atomic E-state index is 12.9. The molecule has 5 rings (SSSR count). The summed E-state index contributed by atoms with van der Waals surface area (Å²) in [5.74, 6) is -0.732. The Bertz CT molecular complexity index is 1800. The number of hydrogen-bond acceptors (Lipinski definition) is 10. The Morgan fingerprint density at radius 3 is 2.56 bits per heavy atom. The number of anilines is 1. The molecule has 0 bridgehead atoms. The molecule has 12 nitrogen and oxygen atoms in total. The minimum Gasteiger partial charge on any atom is -0.445 e. The molecule has 0 unspecified atom stereocenters. The van der Waals surface area contributed by atoms with Gasteiger partial charge >= 0.3 is 23.7 Å². The molecule has 1 atom stereocenters. The van der Waals surface area contributed by atoms with Crippen LogP contribution in [0.15, 0.2) is 77.7 Å². The Morgan fingerprint density at radius 1 is 1.02 bits per heavy atom. The first-order valence-electron chi connectivity index (χ1n) is 13.3. The lowest BCUT2D eigenvalue weighted by molar-refractivity contribution is -0.159. The molecule has 0 spiro atoms. The van der Waals surface area contributed by atoms with Crippen LogP contribution < -0.4 is 16.3 Å². The van der Waals surface area contributed by atoms with E-state index in [2.05, 4.69) is 30.3 Å².